The summed E-state index contributed by atoms with van der Waals surface area (Å²) >= 11 is 0. The fourth-order valence-electron chi connectivity index (χ4n) is 0.793. The molecular formula is C7H8N2O3. The van der Waals surface area contributed by atoms with E-state index in [2.05, 4.69) is 0 Å². The van der Waals surface area contributed by atoms with Gasteiger partial charge in [0.2, 0.25) is 0 Å². The number of hydrogen-bond donors (Lipinski definition) is 2. The Morgan fingerprint density at radius 3 is 2.75 bits per heavy atom. The van der Waals surface area contributed by atoms with Crippen LogP contribution in [-0.4, -0.2) is 15.8 Å². The lowest BCUT2D eigenvalue weighted by atomic mass is 10.2. The molecule has 64 valence electrons. The second-order valence-electron chi connectivity index (χ2n) is 2.37. The van der Waals surface area contributed by atoms with Crippen LogP contribution in [0.5, 0.6) is 0 Å². The highest BCUT2D eigenvalue weighted by atomic mass is 16.4. The van der Waals surface area contributed by atoms with Crippen molar-refractivity contribution in [1.82, 2.24) is 4.57 Å². The number of pyridine rings is 1. The molecule has 12 heavy (non-hydrogen) atoms. The van der Waals surface area contributed by atoms with Crippen molar-refractivity contribution in [2.75, 3.05) is 5.73 Å². The third-order valence-electron chi connectivity index (χ3n) is 1.55. The molecule has 3 N–H and O–H groups in total. The number of anilines is 1. The Bertz CT molecular complexity index is 381. The quantitative estimate of drug-likeness (QED) is 0.582. The molecule has 0 aromatic carbocycles. The molecule has 0 fully saturated rings. The highest BCUT2D eigenvalue weighted by Gasteiger charge is 2.07. The van der Waals surface area contributed by atoms with Crippen LogP contribution in [0.25, 0.3) is 0 Å². The second-order valence-corrected chi connectivity index (χ2v) is 2.37. The molecule has 1 rings (SSSR count). The first-order valence-electron chi connectivity index (χ1n) is 3.25. The van der Waals surface area contributed by atoms with Gasteiger partial charge in [0, 0.05) is 6.20 Å². The van der Waals surface area contributed by atoms with E-state index in [9.17, 15) is 9.59 Å². The molecule has 0 saturated carbocycles. The predicted molar refractivity (Wildman–Crippen MR) is 43.3 cm³/mol. The minimum absolute atomic E-state index is 0.0279. The van der Waals surface area contributed by atoms with E-state index in [1.54, 1.807) is 6.92 Å². The molecule has 0 radical (unpaired) electrons. The average Bonchev–Trinajstić information content (AvgIpc) is 2.00. The van der Waals surface area contributed by atoms with Crippen LogP contribution >= 0.6 is 0 Å². The van der Waals surface area contributed by atoms with Gasteiger partial charge in [-0.3, -0.25) is 4.79 Å². The fourth-order valence-corrected chi connectivity index (χ4v) is 0.793. The van der Waals surface area contributed by atoms with Gasteiger partial charge in [-0.2, -0.15) is 0 Å². The lowest BCUT2D eigenvalue weighted by molar-refractivity contribution is 0.195. The Balaban J connectivity index is 3.47. The number of carbonyl (C=O) groups is 1. The number of nitrogens with zero attached hydrogens (tertiary/aromatic N) is 1. The van der Waals surface area contributed by atoms with Crippen molar-refractivity contribution in [3.8, 4) is 0 Å². The monoisotopic (exact) mass is 168 g/mol. The summed E-state index contributed by atoms with van der Waals surface area (Å²) < 4.78 is 0.544. The predicted octanol–water partition coefficient (Wildman–Crippen LogP) is 0.265. The zero-order valence-corrected chi connectivity index (χ0v) is 6.44. The maximum absolute atomic E-state index is 11.1. The number of rotatable bonds is 0. The summed E-state index contributed by atoms with van der Waals surface area (Å²) in [6.45, 7) is 1.64. The molecule has 5 heteroatoms. The van der Waals surface area contributed by atoms with Gasteiger partial charge in [0.1, 0.15) is 5.69 Å². The first-order valence-corrected chi connectivity index (χ1v) is 3.25. The van der Waals surface area contributed by atoms with Crippen molar-refractivity contribution in [1.29, 1.82) is 0 Å². The first-order chi connectivity index (χ1) is 5.54. The van der Waals surface area contributed by atoms with Crippen LogP contribution in [0.1, 0.15) is 5.56 Å². The van der Waals surface area contributed by atoms with Crippen LogP contribution in [-0.2, 0) is 0 Å². The highest BCUT2D eigenvalue weighted by Crippen LogP contribution is 2.01. The summed E-state index contributed by atoms with van der Waals surface area (Å²) in [6, 6.07) is 1.48. The molecular weight excluding hydrogens is 160 g/mol. The Kier molecular flexibility index (Phi) is 1.86. The van der Waals surface area contributed by atoms with Crippen molar-refractivity contribution in [3.63, 3.8) is 0 Å². The molecule has 1 aromatic heterocycles. The third kappa shape index (κ3) is 1.16. The van der Waals surface area contributed by atoms with E-state index in [0.29, 0.717) is 10.1 Å². The van der Waals surface area contributed by atoms with Gasteiger partial charge in [-0.15, -0.1) is 0 Å². The number of nitrogen functional groups attached to an aromatic ring is 1. The molecule has 0 amide bonds. The van der Waals surface area contributed by atoms with Crippen molar-refractivity contribution in [2.24, 2.45) is 0 Å². The van der Waals surface area contributed by atoms with E-state index in [4.69, 9.17) is 10.8 Å². The topological polar surface area (TPSA) is 85.3 Å². The molecule has 0 aliphatic rings. The summed E-state index contributed by atoms with van der Waals surface area (Å²) in [7, 11) is 0. The summed E-state index contributed by atoms with van der Waals surface area (Å²) in [5, 5.41) is 8.49. The summed E-state index contributed by atoms with van der Waals surface area (Å²) in [4.78, 5) is 21.5. The summed E-state index contributed by atoms with van der Waals surface area (Å²) in [5.41, 5.74) is 5.18. The van der Waals surface area contributed by atoms with E-state index in [0.717, 1.165) is 0 Å². The maximum Gasteiger partial charge on any atom is 0.418 e. The van der Waals surface area contributed by atoms with Crippen LogP contribution in [0, 0.1) is 6.92 Å². The smallest absolute Gasteiger partial charge is 0.418 e. The molecule has 5 nitrogen and oxygen atoms in total. The molecule has 0 unspecified atom stereocenters. The van der Waals surface area contributed by atoms with Gasteiger partial charge in [0.15, 0.2) is 0 Å². The molecule has 1 heterocycles. The van der Waals surface area contributed by atoms with E-state index < -0.39 is 11.7 Å². The van der Waals surface area contributed by atoms with Crippen molar-refractivity contribution >= 4 is 11.8 Å². The normalized spacial score (nSPS) is 9.75. The first kappa shape index (κ1) is 8.32. The Morgan fingerprint density at radius 1 is 1.67 bits per heavy atom. The largest absolute Gasteiger partial charge is 0.464 e. The van der Waals surface area contributed by atoms with Gasteiger partial charge >= 0.3 is 6.09 Å². The van der Waals surface area contributed by atoms with E-state index in [-0.39, 0.29) is 5.69 Å². The van der Waals surface area contributed by atoms with E-state index in [1.165, 1.54) is 12.3 Å². The summed E-state index contributed by atoms with van der Waals surface area (Å²) in [5.74, 6) is 0. The number of nitrogens with two attached hydrogens (primary N) is 1. The Morgan fingerprint density at radius 2 is 2.25 bits per heavy atom. The fraction of sp³-hybridized carbons (Fsp3) is 0.143. The van der Waals surface area contributed by atoms with Gasteiger partial charge in [0.05, 0.1) is 0 Å². The molecule has 0 bridgehead atoms. The van der Waals surface area contributed by atoms with Crippen LogP contribution < -0.4 is 11.3 Å². The zero-order valence-electron chi connectivity index (χ0n) is 6.44. The van der Waals surface area contributed by atoms with E-state index in [1.807, 2.05) is 0 Å². The highest BCUT2D eigenvalue weighted by molar-refractivity contribution is 5.69. The van der Waals surface area contributed by atoms with Gasteiger partial charge < -0.3 is 10.8 Å². The third-order valence-corrected chi connectivity index (χ3v) is 1.55. The van der Waals surface area contributed by atoms with Gasteiger partial charge in [-0.1, -0.05) is 0 Å². The lowest BCUT2D eigenvalue weighted by Gasteiger charge is -2.01. The standard InChI is InChI=1S/C7H8N2O3/c1-4-2-3-9(7(11)12)6(10)5(4)8/h2-3H,8H2,1H3,(H,11,12). The molecule has 0 spiro atoms. The maximum atomic E-state index is 11.1. The Hall–Kier alpha value is -1.78. The number of carboxylic acid groups (broad SMARTS) is 1. The minimum Gasteiger partial charge on any atom is -0.464 e. The molecule has 0 aliphatic heterocycles. The molecule has 0 aliphatic carbocycles. The minimum atomic E-state index is -1.33. The van der Waals surface area contributed by atoms with Crippen LogP contribution in [0.4, 0.5) is 10.5 Å². The molecule has 0 atom stereocenters. The van der Waals surface area contributed by atoms with Crippen molar-refractivity contribution in [2.45, 2.75) is 6.92 Å². The van der Waals surface area contributed by atoms with Gasteiger partial charge in [0.25, 0.3) is 5.56 Å². The van der Waals surface area contributed by atoms with Gasteiger partial charge in [-0.05, 0) is 18.6 Å². The van der Waals surface area contributed by atoms with Crippen molar-refractivity contribution in [3.05, 3.63) is 28.2 Å². The van der Waals surface area contributed by atoms with E-state index >= 15 is 0 Å². The van der Waals surface area contributed by atoms with Crippen LogP contribution in [0.15, 0.2) is 17.1 Å². The SMILES string of the molecule is Cc1ccn(C(=O)O)c(=O)c1N. The van der Waals surface area contributed by atoms with Gasteiger partial charge in [-0.25, -0.2) is 9.36 Å². The lowest BCUT2D eigenvalue weighted by Crippen LogP contribution is -2.27. The van der Waals surface area contributed by atoms with Crippen molar-refractivity contribution < 1.29 is 9.90 Å². The Labute approximate surface area is 68.0 Å². The molecule has 0 saturated heterocycles. The summed E-state index contributed by atoms with van der Waals surface area (Å²) in [6.07, 6.45) is -0.150. The number of hydrogen-bond acceptors (Lipinski definition) is 3. The molecule has 1 aromatic rings. The average molecular weight is 168 g/mol. The van der Waals surface area contributed by atoms with Crippen LogP contribution in [0.3, 0.4) is 0 Å². The second kappa shape index (κ2) is 2.69. The zero-order chi connectivity index (χ0) is 9.30. The number of aromatic nitrogens is 1. The van der Waals surface area contributed by atoms with Crippen LogP contribution in [0.2, 0.25) is 0 Å². The number of aryl methyl sites for hydroxylation is 1.